The number of carbonyl (C=O) groups is 2. The third kappa shape index (κ3) is 2.70. The molecule has 1 unspecified atom stereocenters. The molecule has 86 valence electrons. The van der Waals surface area contributed by atoms with E-state index in [4.69, 9.17) is 0 Å². The lowest BCUT2D eigenvalue weighted by atomic mass is 10.1. The van der Waals surface area contributed by atoms with Crippen LogP contribution in [-0.2, 0) is 9.59 Å². The van der Waals surface area contributed by atoms with Crippen LogP contribution in [0.15, 0.2) is 0 Å². The first-order valence-electron chi connectivity index (χ1n) is 5.70. The molecule has 4 heteroatoms. The first-order valence-corrected chi connectivity index (χ1v) is 5.70. The molecule has 1 saturated heterocycles. The van der Waals surface area contributed by atoms with Crippen LogP contribution >= 0.6 is 0 Å². The zero-order valence-corrected chi connectivity index (χ0v) is 9.75. The van der Waals surface area contributed by atoms with Crippen LogP contribution in [0, 0.1) is 0 Å². The quantitative estimate of drug-likeness (QED) is 0.756. The van der Waals surface area contributed by atoms with Crippen molar-refractivity contribution in [2.45, 2.75) is 52.1 Å². The highest BCUT2D eigenvalue weighted by atomic mass is 16.2. The normalized spacial score (nSPS) is 22.9. The lowest BCUT2D eigenvalue weighted by molar-refractivity contribution is -0.135. The first-order chi connectivity index (χ1) is 7.10. The summed E-state index contributed by atoms with van der Waals surface area (Å²) in [6, 6.07) is -0.103. The van der Waals surface area contributed by atoms with E-state index in [0.29, 0.717) is 13.0 Å². The molecule has 4 nitrogen and oxygen atoms in total. The summed E-state index contributed by atoms with van der Waals surface area (Å²) in [4.78, 5) is 25.1. The molecular formula is C11H20N2O2. The Bertz CT molecular complexity index is 249. The van der Waals surface area contributed by atoms with Crippen LogP contribution < -0.4 is 5.32 Å². The van der Waals surface area contributed by atoms with E-state index < -0.39 is 0 Å². The predicted octanol–water partition coefficient (Wildman–Crippen LogP) is 0.912. The minimum atomic E-state index is -0.374. The molecule has 1 heterocycles. The lowest BCUT2D eigenvalue weighted by Gasteiger charge is -2.30. The molecule has 0 aromatic rings. The summed E-state index contributed by atoms with van der Waals surface area (Å²) in [5.74, 6) is 0.0267. The van der Waals surface area contributed by atoms with Gasteiger partial charge in [-0.05, 0) is 19.8 Å². The van der Waals surface area contributed by atoms with Crippen molar-refractivity contribution in [1.29, 1.82) is 0 Å². The van der Waals surface area contributed by atoms with Crippen LogP contribution in [0.2, 0.25) is 0 Å². The zero-order chi connectivity index (χ0) is 11.4. The summed E-state index contributed by atoms with van der Waals surface area (Å²) in [6.07, 6.45) is 2.32. The maximum absolute atomic E-state index is 12.0. The lowest BCUT2D eigenvalue weighted by Crippen LogP contribution is -2.46. The molecule has 1 fully saturated rings. The Morgan fingerprint density at radius 1 is 1.40 bits per heavy atom. The average Bonchev–Trinajstić information content (AvgIpc) is 2.33. The summed E-state index contributed by atoms with van der Waals surface area (Å²) in [6.45, 7) is 6.46. The van der Waals surface area contributed by atoms with Crippen molar-refractivity contribution >= 4 is 11.8 Å². The fourth-order valence-electron chi connectivity index (χ4n) is 2.05. The number of nitrogens with zero attached hydrogens (tertiary/aromatic N) is 1. The maximum atomic E-state index is 12.0. The van der Waals surface area contributed by atoms with Gasteiger partial charge in [-0.2, -0.15) is 0 Å². The summed E-state index contributed by atoms with van der Waals surface area (Å²) in [5, 5.41) is 2.69. The fraction of sp³-hybridized carbons (Fsp3) is 0.818. The van der Waals surface area contributed by atoms with E-state index in [1.54, 1.807) is 6.92 Å². The zero-order valence-electron chi connectivity index (χ0n) is 9.75. The first kappa shape index (κ1) is 12.0. The van der Waals surface area contributed by atoms with Gasteiger partial charge in [-0.1, -0.05) is 13.8 Å². The van der Waals surface area contributed by atoms with Gasteiger partial charge in [-0.3, -0.25) is 9.59 Å². The number of carbonyl (C=O) groups excluding carboxylic acids is 2. The van der Waals surface area contributed by atoms with Crippen molar-refractivity contribution in [2.24, 2.45) is 0 Å². The van der Waals surface area contributed by atoms with Crippen LogP contribution in [0.5, 0.6) is 0 Å². The highest BCUT2D eigenvalue weighted by molar-refractivity contribution is 5.89. The monoisotopic (exact) mass is 212 g/mol. The average molecular weight is 212 g/mol. The Labute approximate surface area is 91.0 Å². The molecule has 0 saturated carbocycles. The van der Waals surface area contributed by atoms with Crippen LogP contribution in [0.3, 0.4) is 0 Å². The van der Waals surface area contributed by atoms with Gasteiger partial charge in [0.25, 0.3) is 0 Å². The van der Waals surface area contributed by atoms with E-state index in [9.17, 15) is 9.59 Å². The Kier molecular flexibility index (Phi) is 4.12. The fourth-order valence-corrected chi connectivity index (χ4v) is 2.05. The molecule has 1 N–H and O–H groups in total. The van der Waals surface area contributed by atoms with Gasteiger partial charge in [0.2, 0.25) is 11.8 Å². The van der Waals surface area contributed by atoms with E-state index in [-0.39, 0.29) is 23.9 Å². The minimum Gasteiger partial charge on any atom is -0.345 e. The van der Waals surface area contributed by atoms with Gasteiger partial charge in [-0.15, -0.1) is 0 Å². The standard InChI is InChI=1S/C11H20N2O2/c1-4-9(5-2)13-7-6-10(14)12-8(3)11(13)15/h8-9H,4-7H2,1-3H3,(H,12,14). The molecule has 0 radical (unpaired) electrons. The molecule has 1 aliphatic heterocycles. The van der Waals surface area contributed by atoms with Crippen LogP contribution in [0.1, 0.15) is 40.0 Å². The SMILES string of the molecule is CCC(CC)N1CCC(=O)NC(C)C1=O. The van der Waals surface area contributed by atoms with Crippen molar-refractivity contribution in [3.63, 3.8) is 0 Å². The largest absolute Gasteiger partial charge is 0.345 e. The van der Waals surface area contributed by atoms with E-state index in [0.717, 1.165) is 12.8 Å². The number of hydrogen-bond acceptors (Lipinski definition) is 2. The molecule has 1 atom stereocenters. The molecule has 0 aliphatic carbocycles. The summed E-state index contributed by atoms with van der Waals surface area (Å²) in [5.41, 5.74) is 0. The summed E-state index contributed by atoms with van der Waals surface area (Å²) >= 11 is 0. The Balaban J connectivity index is 2.78. The Morgan fingerprint density at radius 2 is 2.00 bits per heavy atom. The number of rotatable bonds is 3. The second kappa shape index (κ2) is 5.14. The summed E-state index contributed by atoms with van der Waals surface area (Å²) < 4.78 is 0. The van der Waals surface area contributed by atoms with E-state index in [1.807, 2.05) is 4.90 Å². The summed E-state index contributed by atoms with van der Waals surface area (Å²) in [7, 11) is 0. The van der Waals surface area contributed by atoms with Gasteiger partial charge < -0.3 is 10.2 Å². The van der Waals surface area contributed by atoms with Gasteiger partial charge in [0.05, 0.1) is 0 Å². The highest BCUT2D eigenvalue weighted by Gasteiger charge is 2.29. The number of amides is 2. The van der Waals surface area contributed by atoms with Gasteiger partial charge in [0, 0.05) is 19.0 Å². The Hall–Kier alpha value is -1.06. The van der Waals surface area contributed by atoms with E-state index in [2.05, 4.69) is 19.2 Å². The molecule has 0 bridgehead atoms. The molecule has 0 aromatic heterocycles. The van der Waals surface area contributed by atoms with Crippen LogP contribution in [-0.4, -0.2) is 35.3 Å². The number of hydrogen-bond donors (Lipinski definition) is 1. The van der Waals surface area contributed by atoms with E-state index >= 15 is 0 Å². The maximum Gasteiger partial charge on any atom is 0.245 e. The van der Waals surface area contributed by atoms with Crippen molar-refractivity contribution in [2.75, 3.05) is 6.54 Å². The topological polar surface area (TPSA) is 49.4 Å². The highest BCUT2D eigenvalue weighted by Crippen LogP contribution is 2.13. The second-order valence-electron chi connectivity index (χ2n) is 4.04. The van der Waals surface area contributed by atoms with Crippen molar-refractivity contribution < 1.29 is 9.59 Å². The molecule has 15 heavy (non-hydrogen) atoms. The minimum absolute atomic E-state index is 0.0238. The molecule has 1 rings (SSSR count). The predicted molar refractivity (Wildman–Crippen MR) is 58.3 cm³/mol. The number of nitrogens with one attached hydrogen (secondary N) is 1. The molecule has 1 aliphatic rings. The third-order valence-electron chi connectivity index (χ3n) is 2.99. The van der Waals surface area contributed by atoms with Gasteiger partial charge in [-0.25, -0.2) is 0 Å². The van der Waals surface area contributed by atoms with Crippen molar-refractivity contribution in [3.8, 4) is 0 Å². The van der Waals surface area contributed by atoms with Crippen LogP contribution in [0.4, 0.5) is 0 Å². The van der Waals surface area contributed by atoms with Crippen molar-refractivity contribution in [1.82, 2.24) is 10.2 Å². The van der Waals surface area contributed by atoms with Crippen molar-refractivity contribution in [3.05, 3.63) is 0 Å². The molecular weight excluding hydrogens is 192 g/mol. The molecule has 0 aromatic carbocycles. The Morgan fingerprint density at radius 3 is 2.53 bits per heavy atom. The van der Waals surface area contributed by atoms with E-state index in [1.165, 1.54) is 0 Å². The molecule has 0 spiro atoms. The molecule has 2 amide bonds. The second-order valence-corrected chi connectivity index (χ2v) is 4.04. The van der Waals surface area contributed by atoms with Gasteiger partial charge in [0.1, 0.15) is 6.04 Å². The smallest absolute Gasteiger partial charge is 0.245 e. The van der Waals surface area contributed by atoms with Crippen LogP contribution in [0.25, 0.3) is 0 Å². The van der Waals surface area contributed by atoms with Gasteiger partial charge >= 0.3 is 0 Å². The van der Waals surface area contributed by atoms with Gasteiger partial charge in [0.15, 0.2) is 0 Å². The third-order valence-corrected chi connectivity index (χ3v) is 2.99.